The maximum atomic E-state index is 11.9. The molecule has 4 nitrogen and oxygen atoms in total. The summed E-state index contributed by atoms with van der Waals surface area (Å²) in [6, 6.07) is 6.12. The lowest BCUT2D eigenvalue weighted by Gasteiger charge is -2.19. The molecule has 1 aromatic carbocycles. The summed E-state index contributed by atoms with van der Waals surface area (Å²) < 4.78 is 5.79. The van der Waals surface area contributed by atoms with Crippen LogP contribution >= 0.6 is 0 Å². The van der Waals surface area contributed by atoms with Crippen LogP contribution in [-0.2, 0) is 4.79 Å². The Bertz CT molecular complexity index is 467. The van der Waals surface area contributed by atoms with Gasteiger partial charge in [0, 0.05) is 17.6 Å². The van der Waals surface area contributed by atoms with Gasteiger partial charge in [0.05, 0.1) is 0 Å². The highest BCUT2D eigenvalue weighted by Gasteiger charge is 2.26. The maximum Gasteiger partial charge on any atom is 0.260 e. The Balaban J connectivity index is 2.07. The molecule has 1 aliphatic rings. The number of ether oxygens (including phenoxy) is 1. The minimum absolute atomic E-state index is 0.0559. The molecule has 0 bridgehead atoms. The minimum atomic E-state index is -0.500. The molecular formula is C15H22N2O2. The van der Waals surface area contributed by atoms with Crippen molar-refractivity contribution in [2.24, 2.45) is 5.73 Å². The van der Waals surface area contributed by atoms with Crippen LogP contribution in [0.1, 0.15) is 43.9 Å². The van der Waals surface area contributed by atoms with Gasteiger partial charge in [-0.3, -0.25) is 4.79 Å². The average Bonchev–Trinajstić information content (AvgIpc) is 3.12. The van der Waals surface area contributed by atoms with Crippen molar-refractivity contribution < 1.29 is 9.53 Å². The van der Waals surface area contributed by atoms with Crippen LogP contribution in [0.4, 0.5) is 0 Å². The van der Waals surface area contributed by atoms with E-state index < -0.39 is 6.10 Å². The topological polar surface area (TPSA) is 64.3 Å². The lowest BCUT2D eigenvalue weighted by molar-refractivity contribution is -0.127. The third-order valence-corrected chi connectivity index (χ3v) is 3.26. The first-order valence-electron chi connectivity index (χ1n) is 6.80. The summed E-state index contributed by atoms with van der Waals surface area (Å²) in [7, 11) is 0. The van der Waals surface area contributed by atoms with Gasteiger partial charge < -0.3 is 15.8 Å². The lowest BCUT2D eigenvalue weighted by Crippen LogP contribution is -2.37. The molecule has 2 unspecified atom stereocenters. The fraction of sp³-hybridized carbons (Fsp3) is 0.533. The number of nitrogens with two attached hydrogens (primary N) is 1. The number of aryl methyl sites for hydroxylation is 1. The molecule has 2 rings (SSSR count). The Labute approximate surface area is 114 Å². The smallest absolute Gasteiger partial charge is 0.260 e. The van der Waals surface area contributed by atoms with Gasteiger partial charge in [-0.25, -0.2) is 0 Å². The van der Waals surface area contributed by atoms with E-state index in [-0.39, 0.29) is 11.9 Å². The van der Waals surface area contributed by atoms with Crippen LogP contribution in [0.3, 0.4) is 0 Å². The lowest BCUT2D eigenvalue weighted by atomic mass is 10.1. The fourth-order valence-electron chi connectivity index (χ4n) is 1.91. The van der Waals surface area contributed by atoms with Crippen LogP contribution < -0.4 is 15.8 Å². The molecule has 4 heteroatoms. The number of hydrogen-bond acceptors (Lipinski definition) is 3. The minimum Gasteiger partial charge on any atom is -0.481 e. The van der Waals surface area contributed by atoms with Crippen molar-refractivity contribution in [1.29, 1.82) is 0 Å². The number of benzene rings is 1. The molecule has 0 spiro atoms. The number of hydrogen-bond donors (Lipinski definition) is 2. The van der Waals surface area contributed by atoms with E-state index in [1.54, 1.807) is 6.92 Å². The van der Waals surface area contributed by atoms with E-state index in [0.29, 0.717) is 11.8 Å². The average molecular weight is 262 g/mol. The van der Waals surface area contributed by atoms with Crippen molar-refractivity contribution in [1.82, 2.24) is 5.32 Å². The van der Waals surface area contributed by atoms with Gasteiger partial charge in [-0.2, -0.15) is 0 Å². The van der Waals surface area contributed by atoms with Crippen molar-refractivity contribution in [3.8, 4) is 5.75 Å². The van der Waals surface area contributed by atoms with E-state index >= 15 is 0 Å². The van der Waals surface area contributed by atoms with Gasteiger partial charge in [0.2, 0.25) is 0 Å². The first kappa shape index (κ1) is 13.9. The fourth-order valence-corrected chi connectivity index (χ4v) is 1.91. The molecule has 1 aliphatic carbocycles. The molecule has 104 valence electrons. The highest BCUT2D eigenvalue weighted by molar-refractivity contribution is 5.81. The summed E-state index contributed by atoms with van der Waals surface area (Å²) >= 11 is 0. The zero-order valence-corrected chi connectivity index (χ0v) is 11.8. The van der Waals surface area contributed by atoms with E-state index in [9.17, 15) is 4.79 Å². The number of rotatable bonds is 5. The molecule has 2 atom stereocenters. The van der Waals surface area contributed by atoms with Gasteiger partial charge in [0.15, 0.2) is 6.10 Å². The SMILES string of the molecule is Cc1ccc(C(C)N)c(OC(C)C(=O)NC2CC2)c1. The van der Waals surface area contributed by atoms with Crippen LogP contribution in [0, 0.1) is 6.92 Å². The number of nitrogens with one attached hydrogen (secondary N) is 1. The van der Waals surface area contributed by atoms with Crippen LogP contribution in [0.5, 0.6) is 5.75 Å². The van der Waals surface area contributed by atoms with Gasteiger partial charge in [0.1, 0.15) is 5.75 Å². The van der Waals surface area contributed by atoms with Crippen LogP contribution in [0.25, 0.3) is 0 Å². The van der Waals surface area contributed by atoms with Gasteiger partial charge in [0.25, 0.3) is 5.91 Å². The van der Waals surface area contributed by atoms with Crippen molar-refractivity contribution in [2.75, 3.05) is 0 Å². The Morgan fingerprint density at radius 1 is 1.42 bits per heavy atom. The molecule has 1 fully saturated rings. The van der Waals surface area contributed by atoms with Crippen LogP contribution in [0.2, 0.25) is 0 Å². The monoisotopic (exact) mass is 262 g/mol. The number of carbonyl (C=O) groups is 1. The third kappa shape index (κ3) is 3.70. The molecule has 3 N–H and O–H groups in total. The van der Waals surface area contributed by atoms with Crippen molar-refractivity contribution in [2.45, 2.75) is 51.8 Å². The number of carbonyl (C=O) groups excluding carboxylic acids is 1. The van der Waals surface area contributed by atoms with Gasteiger partial charge in [-0.05, 0) is 45.2 Å². The molecule has 1 saturated carbocycles. The summed E-state index contributed by atoms with van der Waals surface area (Å²) in [5.41, 5.74) is 7.95. The van der Waals surface area contributed by atoms with Crippen molar-refractivity contribution in [3.63, 3.8) is 0 Å². The van der Waals surface area contributed by atoms with Crippen LogP contribution in [0.15, 0.2) is 18.2 Å². The molecule has 0 radical (unpaired) electrons. The Morgan fingerprint density at radius 2 is 2.11 bits per heavy atom. The quantitative estimate of drug-likeness (QED) is 0.853. The molecular weight excluding hydrogens is 240 g/mol. The number of amides is 1. The molecule has 0 heterocycles. The second-order valence-electron chi connectivity index (χ2n) is 5.37. The Morgan fingerprint density at radius 3 is 2.68 bits per heavy atom. The largest absolute Gasteiger partial charge is 0.481 e. The van der Waals surface area contributed by atoms with Gasteiger partial charge >= 0.3 is 0 Å². The van der Waals surface area contributed by atoms with E-state index in [0.717, 1.165) is 24.0 Å². The predicted octanol–water partition coefficient (Wildman–Crippen LogP) is 2.06. The normalized spacial score (nSPS) is 17.7. The molecule has 1 aromatic rings. The summed E-state index contributed by atoms with van der Waals surface area (Å²) in [5, 5.41) is 2.94. The predicted molar refractivity (Wildman–Crippen MR) is 75.0 cm³/mol. The zero-order chi connectivity index (χ0) is 14.0. The van der Waals surface area contributed by atoms with E-state index in [1.165, 1.54) is 0 Å². The Hall–Kier alpha value is -1.55. The Kier molecular flexibility index (Phi) is 4.10. The first-order valence-corrected chi connectivity index (χ1v) is 6.80. The third-order valence-electron chi connectivity index (χ3n) is 3.26. The molecule has 1 amide bonds. The van der Waals surface area contributed by atoms with Crippen molar-refractivity contribution in [3.05, 3.63) is 29.3 Å². The first-order chi connectivity index (χ1) is 8.97. The summed E-state index contributed by atoms with van der Waals surface area (Å²) in [4.78, 5) is 11.9. The second kappa shape index (κ2) is 5.61. The molecule has 0 aliphatic heterocycles. The van der Waals surface area contributed by atoms with Crippen LogP contribution in [-0.4, -0.2) is 18.1 Å². The summed E-state index contributed by atoms with van der Waals surface area (Å²) in [6.45, 7) is 5.67. The standard InChI is InChI=1S/C15H22N2O2/c1-9-4-7-13(10(2)16)14(8-9)19-11(3)15(18)17-12-5-6-12/h4,7-8,10-12H,5-6,16H2,1-3H3,(H,17,18). The van der Waals surface area contributed by atoms with Crippen molar-refractivity contribution >= 4 is 5.91 Å². The van der Waals surface area contributed by atoms with E-state index in [4.69, 9.17) is 10.5 Å². The van der Waals surface area contributed by atoms with Gasteiger partial charge in [-0.1, -0.05) is 12.1 Å². The van der Waals surface area contributed by atoms with E-state index in [2.05, 4.69) is 5.32 Å². The molecule has 0 aromatic heterocycles. The van der Waals surface area contributed by atoms with E-state index in [1.807, 2.05) is 32.0 Å². The second-order valence-corrected chi connectivity index (χ2v) is 5.37. The highest BCUT2D eigenvalue weighted by atomic mass is 16.5. The molecule has 0 saturated heterocycles. The summed E-state index contributed by atoms with van der Waals surface area (Å²) in [5.74, 6) is 0.646. The molecule has 19 heavy (non-hydrogen) atoms. The zero-order valence-electron chi connectivity index (χ0n) is 11.8. The maximum absolute atomic E-state index is 11.9. The summed E-state index contributed by atoms with van der Waals surface area (Å²) in [6.07, 6.45) is 1.65. The highest BCUT2D eigenvalue weighted by Crippen LogP contribution is 2.26. The van der Waals surface area contributed by atoms with Gasteiger partial charge in [-0.15, -0.1) is 0 Å².